The third-order valence-corrected chi connectivity index (χ3v) is 2.64. The SMILES string of the molecule is CC(C)C(C#N)C1CCOCC1. The Kier molecular flexibility index (Phi) is 3.55. The Morgan fingerprint density at radius 3 is 2.33 bits per heavy atom. The second-order valence-corrected chi connectivity index (χ2v) is 3.85. The van der Waals surface area contributed by atoms with Crippen molar-refractivity contribution < 1.29 is 4.74 Å². The molecule has 1 aliphatic heterocycles. The van der Waals surface area contributed by atoms with Gasteiger partial charge in [-0.15, -0.1) is 0 Å². The molecule has 0 spiro atoms. The van der Waals surface area contributed by atoms with E-state index in [1.54, 1.807) is 0 Å². The Bertz CT molecular complexity index is 165. The molecule has 0 bridgehead atoms. The molecule has 12 heavy (non-hydrogen) atoms. The first-order chi connectivity index (χ1) is 5.75. The Hall–Kier alpha value is -0.550. The molecule has 68 valence electrons. The fraction of sp³-hybridized carbons (Fsp3) is 0.900. The van der Waals surface area contributed by atoms with Gasteiger partial charge in [0.05, 0.1) is 12.0 Å². The lowest BCUT2D eigenvalue weighted by atomic mass is 9.80. The van der Waals surface area contributed by atoms with Gasteiger partial charge in [0.25, 0.3) is 0 Å². The molecule has 1 heterocycles. The average Bonchev–Trinajstić information content (AvgIpc) is 2.07. The van der Waals surface area contributed by atoms with Crippen LogP contribution in [-0.2, 0) is 4.74 Å². The summed E-state index contributed by atoms with van der Waals surface area (Å²) < 4.78 is 5.26. The molecule has 0 aromatic rings. The number of nitrogens with zero attached hydrogens (tertiary/aromatic N) is 1. The number of rotatable bonds is 2. The summed E-state index contributed by atoms with van der Waals surface area (Å²) in [5, 5.41) is 8.96. The lowest BCUT2D eigenvalue weighted by molar-refractivity contribution is 0.0483. The lowest BCUT2D eigenvalue weighted by Crippen LogP contribution is -2.25. The van der Waals surface area contributed by atoms with Crippen LogP contribution in [0.4, 0.5) is 0 Å². The third-order valence-electron chi connectivity index (χ3n) is 2.64. The minimum atomic E-state index is 0.230. The Morgan fingerprint density at radius 2 is 1.92 bits per heavy atom. The number of ether oxygens (including phenoxy) is 1. The van der Waals surface area contributed by atoms with E-state index in [4.69, 9.17) is 10.00 Å². The zero-order valence-corrected chi connectivity index (χ0v) is 7.92. The molecule has 0 aromatic carbocycles. The van der Waals surface area contributed by atoms with Crippen molar-refractivity contribution in [3.05, 3.63) is 0 Å². The predicted molar refractivity (Wildman–Crippen MR) is 47.5 cm³/mol. The maximum Gasteiger partial charge on any atom is 0.0661 e. The summed E-state index contributed by atoms with van der Waals surface area (Å²) in [4.78, 5) is 0. The van der Waals surface area contributed by atoms with Crippen LogP contribution < -0.4 is 0 Å². The second kappa shape index (κ2) is 4.47. The quantitative estimate of drug-likeness (QED) is 0.631. The van der Waals surface area contributed by atoms with Crippen LogP contribution in [0.25, 0.3) is 0 Å². The van der Waals surface area contributed by atoms with Crippen molar-refractivity contribution in [1.82, 2.24) is 0 Å². The van der Waals surface area contributed by atoms with E-state index < -0.39 is 0 Å². The first-order valence-electron chi connectivity index (χ1n) is 4.73. The van der Waals surface area contributed by atoms with Gasteiger partial charge < -0.3 is 4.74 Å². The van der Waals surface area contributed by atoms with Gasteiger partial charge in [-0.1, -0.05) is 13.8 Å². The molecule has 1 unspecified atom stereocenters. The summed E-state index contributed by atoms with van der Waals surface area (Å²) in [6, 6.07) is 2.42. The zero-order chi connectivity index (χ0) is 8.97. The van der Waals surface area contributed by atoms with Crippen molar-refractivity contribution in [1.29, 1.82) is 5.26 Å². The van der Waals surface area contributed by atoms with Crippen LogP contribution >= 0.6 is 0 Å². The first kappa shape index (κ1) is 9.54. The van der Waals surface area contributed by atoms with Gasteiger partial charge in [0.15, 0.2) is 0 Å². The molecule has 1 saturated heterocycles. The maximum atomic E-state index is 8.96. The van der Waals surface area contributed by atoms with Crippen molar-refractivity contribution in [2.24, 2.45) is 17.8 Å². The van der Waals surface area contributed by atoms with E-state index in [1.807, 2.05) is 0 Å². The summed E-state index contributed by atoms with van der Waals surface area (Å²) in [7, 11) is 0. The molecule has 1 atom stereocenters. The minimum Gasteiger partial charge on any atom is -0.381 e. The van der Waals surface area contributed by atoms with E-state index in [1.165, 1.54) is 0 Å². The van der Waals surface area contributed by atoms with E-state index >= 15 is 0 Å². The summed E-state index contributed by atoms with van der Waals surface area (Å²) in [5.41, 5.74) is 0. The van der Waals surface area contributed by atoms with Crippen LogP contribution in [0.2, 0.25) is 0 Å². The second-order valence-electron chi connectivity index (χ2n) is 3.85. The van der Waals surface area contributed by atoms with Gasteiger partial charge in [-0.25, -0.2) is 0 Å². The Balaban J connectivity index is 2.47. The summed E-state index contributed by atoms with van der Waals surface area (Å²) in [5.74, 6) is 1.29. The highest BCUT2D eigenvalue weighted by Gasteiger charge is 2.25. The van der Waals surface area contributed by atoms with Crippen LogP contribution in [-0.4, -0.2) is 13.2 Å². The fourth-order valence-electron chi connectivity index (χ4n) is 1.87. The van der Waals surface area contributed by atoms with Gasteiger partial charge in [0.1, 0.15) is 0 Å². The van der Waals surface area contributed by atoms with E-state index in [0.29, 0.717) is 11.8 Å². The smallest absolute Gasteiger partial charge is 0.0661 e. The highest BCUT2D eigenvalue weighted by molar-refractivity contribution is 4.90. The van der Waals surface area contributed by atoms with Gasteiger partial charge in [-0.3, -0.25) is 0 Å². The molecule has 0 N–H and O–H groups in total. The van der Waals surface area contributed by atoms with E-state index in [2.05, 4.69) is 19.9 Å². The molecule has 0 aliphatic carbocycles. The van der Waals surface area contributed by atoms with Crippen molar-refractivity contribution in [2.75, 3.05) is 13.2 Å². The molecule has 1 rings (SSSR count). The summed E-state index contributed by atoms with van der Waals surface area (Å²) in [6.45, 7) is 5.94. The molecule has 0 aromatic heterocycles. The Labute approximate surface area is 74.5 Å². The molecule has 1 fully saturated rings. The van der Waals surface area contributed by atoms with Gasteiger partial charge in [-0.2, -0.15) is 5.26 Å². The molecular weight excluding hydrogens is 150 g/mol. The maximum absolute atomic E-state index is 8.96. The lowest BCUT2D eigenvalue weighted by Gasteiger charge is -2.28. The molecule has 2 nitrogen and oxygen atoms in total. The molecular formula is C10H17NO. The van der Waals surface area contributed by atoms with Crippen molar-refractivity contribution in [3.63, 3.8) is 0 Å². The third kappa shape index (κ3) is 2.22. The first-order valence-corrected chi connectivity index (χ1v) is 4.73. The van der Waals surface area contributed by atoms with Crippen molar-refractivity contribution >= 4 is 0 Å². The average molecular weight is 167 g/mol. The number of hydrogen-bond donors (Lipinski definition) is 0. The van der Waals surface area contributed by atoms with Gasteiger partial charge in [-0.05, 0) is 24.7 Å². The van der Waals surface area contributed by atoms with E-state index in [0.717, 1.165) is 26.1 Å². The fourth-order valence-corrected chi connectivity index (χ4v) is 1.87. The zero-order valence-electron chi connectivity index (χ0n) is 7.92. The molecule has 0 radical (unpaired) electrons. The minimum absolute atomic E-state index is 0.230. The van der Waals surface area contributed by atoms with Crippen LogP contribution in [0.5, 0.6) is 0 Å². The molecule has 2 heteroatoms. The van der Waals surface area contributed by atoms with Crippen molar-refractivity contribution in [2.45, 2.75) is 26.7 Å². The van der Waals surface area contributed by atoms with Crippen LogP contribution in [0.1, 0.15) is 26.7 Å². The van der Waals surface area contributed by atoms with Gasteiger partial charge in [0.2, 0.25) is 0 Å². The highest BCUT2D eigenvalue weighted by Crippen LogP contribution is 2.28. The van der Waals surface area contributed by atoms with Crippen LogP contribution in [0, 0.1) is 29.1 Å². The van der Waals surface area contributed by atoms with Gasteiger partial charge >= 0.3 is 0 Å². The Morgan fingerprint density at radius 1 is 1.33 bits per heavy atom. The molecule has 0 amide bonds. The highest BCUT2D eigenvalue weighted by atomic mass is 16.5. The normalized spacial score (nSPS) is 22.2. The molecule has 0 saturated carbocycles. The van der Waals surface area contributed by atoms with Crippen LogP contribution in [0.3, 0.4) is 0 Å². The van der Waals surface area contributed by atoms with Crippen LogP contribution in [0.15, 0.2) is 0 Å². The summed E-state index contributed by atoms with van der Waals surface area (Å²) >= 11 is 0. The monoisotopic (exact) mass is 167 g/mol. The van der Waals surface area contributed by atoms with E-state index in [9.17, 15) is 0 Å². The predicted octanol–water partition coefficient (Wildman–Crippen LogP) is 2.21. The van der Waals surface area contributed by atoms with Crippen molar-refractivity contribution in [3.8, 4) is 6.07 Å². The number of nitriles is 1. The molecule has 1 aliphatic rings. The van der Waals surface area contributed by atoms with E-state index in [-0.39, 0.29) is 5.92 Å². The summed E-state index contributed by atoms with van der Waals surface area (Å²) in [6.07, 6.45) is 2.13. The largest absolute Gasteiger partial charge is 0.381 e. The number of hydrogen-bond acceptors (Lipinski definition) is 2. The topological polar surface area (TPSA) is 33.0 Å². The van der Waals surface area contributed by atoms with Gasteiger partial charge in [0, 0.05) is 13.2 Å². The standard InChI is InChI=1S/C10H17NO/c1-8(2)10(7-11)9-3-5-12-6-4-9/h8-10H,3-6H2,1-2H3.